The number of carbonyl (C=O) groups excluding carboxylic acids is 1. The summed E-state index contributed by atoms with van der Waals surface area (Å²) in [6, 6.07) is 12.0. The molecule has 4 rings (SSSR count). The van der Waals surface area contributed by atoms with Gasteiger partial charge in [0.25, 0.3) is 5.91 Å². The Labute approximate surface area is 198 Å². The second kappa shape index (κ2) is 9.15. The molecule has 10 heteroatoms. The van der Waals surface area contributed by atoms with Gasteiger partial charge in [0.15, 0.2) is 4.80 Å². The fraction of sp³-hybridized carbons (Fsp3) is 0.333. The molecular formula is C21H21BrClN3O3S2. The van der Waals surface area contributed by atoms with Crippen molar-refractivity contribution in [3.8, 4) is 0 Å². The maximum absolute atomic E-state index is 13.0. The van der Waals surface area contributed by atoms with Crippen molar-refractivity contribution in [1.82, 2.24) is 8.87 Å². The molecule has 1 unspecified atom stereocenters. The molecule has 1 amide bonds. The summed E-state index contributed by atoms with van der Waals surface area (Å²) in [4.78, 5) is 18.3. The number of aryl methyl sites for hydroxylation is 1. The first-order chi connectivity index (χ1) is 14.8. The molecule has 1 aliphatic rings. The van der Waals surface area contributed by atoms with Gasteiger partial charge in [-0.2, -0.15) is 9.30 Å². The summed E-state index contributed by atoms with van der Waals surface area (Å²) in [6.45, 7) is 3.21. The molecule has 2 heterocycles. The summed E-state index contributed by atoms with van der Waals surface area (Å²) >= 11 is 10.9. The third-order valence-electron chi connectivity index (χ3n) is 5.36. The maximum atomic E-state index is 13.0. The molecule has 0 bridgehead atoms. The van der Waals surface area contributed by atoms with Crippen LogP contribution in [0.25, 0.3) is 10.2 Å². The van der Waals surface area contributed by atoms with Crippen LogP contribution in [0.1, 0.15) is 19.8 Å². The van der Waals surface area contributed by atoms with Crippen molar-refractivity contribution >= 4 is 65.0 Å². The molecule has 0 radical (unpaired) electrons. The van der Waals surface area contributed by atoms with Crippen LogP contribution in [-0.2, 0) is 21.4 Å². The summed E-state index contributed by atoms with van der Waals surface area (Å²) < 4.78 is 31.4. The van der Waals surface area contributed by atoms with Crippen LogP contribution in [0.4, 0.5) is 0 Å². The first-order valence-electron chi connectivity index (χ1n) is 9.93. The van der Waals surface area contributed by atoms with Gasteiger partial charge in [0.05, 0.1) is 21.0 Å². The van der Waals surface area contributed by atoms with Gasteiger partial charge in [0.2, 0.25) is 10.0 Å². The Morgan fingerprint density at radius 2 is 2.00 bits per heavy atom. The van der Waals surface area contributed by atoms with Gasteiger partial charge in [-0.1, -0.05) is 29.0 Å². The van der Waals surface area contributed by atoms with Crippen LogP contribution < -0.4 is 4.80 Å². The maximum Gasteiger partial charge on any atom is 0.252 e. The molecule has 0 saturated carbocycles. The number of hydrogen-bond donors (Lipinski definition) is 0. The van der Waals surface area contributed by atoms with E-state index < -0.39 is 15.9 Å². The minimum atomic E-state index is -3.69. The first kappa shape index (κ1) is 22.7. The number of amides is 1. The molecular weight excluding hydrogens is 522 g/mol. The smallest absolute Gasteiger partial charge is 0.252 e. The van der Waals surface area contributed by atoms with Gasteiger partial charge in [-0.05, 0) is 72.1 Å². The SMILES string of the molecule is CCn1c(=NC(=O)C2CCCN(S(=O)(=O)c3ccc(Cl)cc3)C2)sc2cccc(Br)c21. The molecule has 2 aromatic carbocycles. The van der Waals surface area contributed by atoms with Gasteiger partial charge < -0.3 is 4.57 Å². The van der Waals surface area contributed by atoms with Crippen LogP contribution in [0.5, 0.6) is 0 Å². The van der Waals surface area contributed by atoms with Crippen molar-refractivity contribution in [2.24, 2.45) is 10.9 Å². The zero-order valence-corrected chi connectivity index (χ0v) is 20.8. The fourth-order valence-electron chi connectivity index (χ4n) is 3.77. The molecule has 1 saturated heterocycles. The van der Waals surface area contributed by atoms with E-state index in [0.717, 1.165) is 14.7 Å². The lowest BCUT2D eigenvalue weighted by Gasteiger charge is -2.30. The van der Waals surface area contributed by atoms with E-state index in [4.69, 9.17) is 11.6 Å². The van der Waals surface area contributed by atoms with Crippen LogP contribution in [0.15, 0.2) is 56.8 Å². The minimum Gasteiger partial charge on any atom is -0.316 e. The number of nitrogens with zero attached hydrogens (tertiary/aromatic N) is 3. The molecule has 1 aliphatic heterocycles. The Kier molecular flexibility index (Phi) is 6.69. The molecule has 0 N–H and O–H groups in total. The molecule has 31 heavy (non-hydrogen) atoms. The predicted octanol–water partition coefficient (Wildman–Crippen LogP) is 4.67. The van der Waals surface area contributed by atoms with E-state index in [-0.39, 0.29) is 17.3 Å². The Morgan fingerprint density at radius 1 is 1.26 bits per heavy atom. The summed E-state index contributed by atoms with van der Waals surface area (Å²) in [6.07, 6.45) is 1.24. The Bertz CT molecular complexity index is 1300. The van der Waals surface area contributed by atoms with Gasteiger partial charge in [-0.25, -0.2) is 8.42 Å². The second-order valence-electron chi connectivity index (χ2n) is 7.32. The minimum absolute atomic E-state index is 0.133. The number of aromatic nitrogens is 1. The predicted molar refractivity (Wildman–Crippen MR) is 127 cm³/mol. The highest BCUT2D eigenvalue weighted by molar-refractivity contribution is 9.10. The van der Waals surface area contributed by atoms with Crippen LogP contribution in [0, 0.1) is 5.92 Å². The van der Waals surface area contributed by atoms with E-state index in [0.29, 0.717) is 35.8 Å². The van der Waals surface area contributed by atoms with Crippen molar-refractivity contribution in [2.75, 3.05) is 13.1 Å². The zero-order chi connectivity index (χ0) is 22.2. The van der Waals surface area contributed by atoms with Gasteiger partial charge in [0, 0.05) is 29.1 Å². The average Bonchev–Trinajstić information content (AvgIpc) is 3.12. The largest absolute Gasteiger partial charge is 0.316 e. The van der Waals surface area contributed by atoms with Gasteiger partial charge in [0.1, 0.15) is 0 Å². The number of benzene rings is 2. The van der Waals surface area contributed by atoms with Crippen molar-refractivity contribution in [3.63, 3.8) is 0 Å². The number of fused-ring (bicyclic) bond motifs is 1. The molecule has 6 nitrogen and oxygen atoms in total. The lowest BCUT2D eigenvalue weighted by molar-refractivity contribution is -0.122. The number of sulfonamides is 1. The molecule has 164 valence electrons. The molecule has 1 atom stereocenters. The molecule has 1 fully saturated rings. The number of hydrogen-bond acceptors (Lipinski definition) is 4. The van der Waals surface area contributed by atoms with Gasteiger partial charge >= 0.3 is 0 Å². The van der Waals surface area contributed by atoms with Crippen LogP contribution in [-0.4, -0.2) is 36.3 Å². The molecule has 3 aromatic rings. The summed E-state index contributed by atoms with van der Waals surface area (Å²) in [5.74, 6) is -0.740. The lowest BCUT2D eigenvalue weighted by atomic mass is 9.99. The number of carbonyl (C=O) groups is 1. The third kappa shape index (κ3) is 4.52. The average molecular weight is 543 g/mol. The van der Waals surface area contributed by atoms with Crippen LogP contribution in [0.2, 0.25) is 5.02 Å². The van der Waals surface area contributed by atoms with Crippen molar-refractivity contribution in [2.45, 2.75) is 31.2 Å². The monoisotopic (exact) mass is 541 g/mol. The summed E-state index contributed by atoms with van der Waals surface area (Å²) in [5, 5.41) is 0.476. The highest BCUT2D eigenvalue weighted by Crippen LogP contribution is 2.27. The van der Waals surface area contributed by atoms with Gasteiger partial charge in [-0.15, -0.1) is 0 Å². The second-order valence-corrected chi connectivity index (χ2v) is 11.6. The quantitative estimate of drug-likeness (QED) is 0.481. The topological polar surface area (TPSA) is 71.7 Å². The van der Waals surface area contributed by atoms with Crippen molar-refractivity contribution < 1.29 is 13.2 Å². The van der Waals surface area contributed by atoms with E-state index >= 15 is 0 Å². The molecule has 0 aliphatic carbocycles. The first-order valence-corrected chi connectivity index (χ1v) is 13.4. The number of piperidine rings is 1. The number of rotatable bonds is 4. The number of thiazole rings is 1. The van der Waals surface area contributed by atoms with E-state index in [1.165, 1.54) is 27.8 Å². The summed E-state index contributed by atoms with van der Waals surface area (Å²) in [7, 11) is -3.69. The highest BCUT2D eigenvalue weighted by Gasteiger charge is 2.33. The van der Waals surface area contributed by atoms with E-state index in [1.807, 2.05) is 29.7 Å². The standard InChI is InChI=1S/C21H21BrClN3O3S2/c1-2-26-19-17(22)6-3-7-18(19)30-21(26)24-20(27)14-5-4-12-25(13-14)31(28,29)16-10-8-15(23)9-11-16/h3,6-11,14H,2,4-5,12-13H2,1H3. The van der Waals surface area contributed by atoms with E-state index in [1.54, 1.807) is 12.1 Å². The van der Waals surface area contributed by atoms with E-state index in [9.17, 15) is 13.2 Å². The number of halogens is 2. The number of para-hydroxylation sites is 1. The van der Waals surface area contributed by atoms with Gasteiger partial charge in [-0.3, -0.25) is 4.79 Å². The van der Waals surface area contributed by atoms with Crippen LogP contribution >= 0.6 is 38.9 Å². The zero-order valence-electron chi connectivity index (χ0n) is 16.8. The Hall–Kier alpha value is -1.52. The Balaban J connectivity index is 1.62. The summed E-state index contributed by atoms with van der Waals surface area (Å²) in [5.41, 5.74) is 1.01. The molecule has 0 spiro atoms. The Morgan fingerprint density at radius 3 is 2.71 bits per heavy atom. The highest BCUT2D eigenvalue weighted by atomic mass is 79.9. The molecule has 1 aromatic heterocycles. The normalized spacial score (nSPS) is 18.5. The third-order valence-corrected chi connectivity index (χ3v) is 9.17. The van der Waals surface area contributed by atoms with Crippen LogP contribution in [0.3, 0.4) is 0 Å². The fourth-order valence-corrected chi connectivity index (χ4v) is 7.26. The van der Waals surface area contributed by atoms with Crippen molar-refractivity contribution in [1.29, 1.82) is 0 Å². The van der Waals surface area contributed by atoms with E-state index in [2.05, 4.69) is 20.9 Å². The lowest BCUT2D eigenvalue weighted by Crippen LogP contribution is -2.42. The van der Waals surface area contributed by atoms with Crippen molar-refractivity contribution in [3.05, 3.63) is 56.8 Å².